The molecule has 0 aromatic heterocycles. The second kappa shape index (κ2) is 3.32. The summed E-state index contributed by atoms with van der Waals surface area (Å²) in [7, 11) is 0. The predicted octanol–water partition coefficient (Wildman–Crippen LogP) is 2.29. The summed E-state index contributed by atoms with van der Waals surface area (Å²) in [6.45, 7) is 11.5. The summed E-state index contributed by atoms with van der Waals surface area (Å²) < 4.78 is 0. The smallest absolute Gasteiger partial charge is 0.219 e. The van der Waals surface area contributed by atoms with Crippen molar-refractivity contribution in [1.29, 1.82) is 0 Å². The van der Waals surface area contributed by atoms with E-state index >= 15 is 0 Å². The maximum atomic E-state index is 11.4. The lowest BCUT2D eigenvalue weighted by atomic mass is 9.68. The zero-order valence-electron chi connectivity index (χ0n) is 9.42. The normalized spacial score (nSPS) is 20.7. The van der Waals surface area contributed by atoms with Gasteiger partial charge < -0.3 is 4.90 Å². The van der Waals surface area contributed by atoms with Crippen LogP contribution in [0.2, 0.25) is 0 Å². The van der Waals surface area contributed by atoms with Crippen molar-refractivity contribution < 1.29 is 4.79 Å². The average Bonchev–Trinajstić information content (AvgIpc) is 1.80. The van der Waals surface area contributed by atoms with Gasteiger partial charge in [-0.2, -0.15) is 0 Å². The molecule has 0 aromatic carbocycles. The molecule has 0 unspecified atom stereocenters. The lowest BCUT2D eigenvalue weighted by molar-refractivity contribution is -0.155. The Labute approximate surface area is 81.3 Å². The molecule has 0 saturated carbocycles. The molecule has 1 aliphatic heterocycles. The summed E-state index contributed by atoms with van der Waals surface area (Å²) in [4.78, 5) is 13.4. The van der Waals surface area contributed by atoms with Gasteiger partial charge in [0.15, 0.2) is 0 Å². The Hall–Kier alpha value is -0.530. The van der Waals surface area contributed by atoms with Crippen molar-refractivity contribution in [2.45, 2.75) is 46.6 Å². The maximum absolute atomic E-state index is 11.4. The SMILES string of the molecule is CC(=O)N1CCC1(C(C)C)C(C)C. The van der Waals surface area contributed by atoms with Gasteiger partial charge in [0.2, 0.25) is 5.91 Å². The number of carbonyl (C=O) groups excluding carboxylic acids is 1. The number of rotatable bonds is 2. The van der Waals surface area contributed by atoms with Crippen LogP contribution in [0.15, 0.2) is 0 Å². The Bertz CT molecular complexity index is 200. The van der Waals surface area contributed by atoms with Gasteiger partial charge in [-0.05, 0) is 18.3 Å². The van der Waals surface area contributed by atoms with Crippen molar-refractivity contribution in [1.82, 2.24) is 4.90 Å². The fourth-order valence-electron chi connectivity index (χ4n) is 2.80. The number of likely N-dealkylation sites (tertiary alicyclic amines) is 1. The van der Waals surface area contributed by atoms with Gasteiger partial charge >= 0.3 is 0 Å². The van der Waals surface area contributed by atoms with Crippen molar-refractivity contribution in [3.05, 3.63) is 0 Å². The minimum Gasteiger partial charge on any atom is -0.337 e. The number of hydrogen-bond acceptors (Lipinski definition) is 1. The third kappa shape index (κ3) is 1.36. The largest absolute Gasteiger partial charge is 0.337 e. The van der Waals surface area contributed by atoms with Crippen LogP contribution >= 0.6 is 0 Å². The van der Waals surface area contributed by atoms with Crippen LogP contribution in [-0.2, 0) is 4.79 Å². The Kier molecular flexibility index (Phi) is 2.69. The molecule has 2 heteroatoms. The highest BCUT2D eigenvalue weighted by Crippen LogP contribution is 2.43. The standard InChI is InChI=1S/C11H21NO/c1-8(2)11(9(3)4)6-7-12(11)10(5)13/h8-9H,6-7H2,1-5H3. The molecule has 1 fully saturated rings. The van der Waals surface area contributed by atoms with Crippen molar-refractivity contribution in [3.8, 4) is 0 Å². The Morgan fingerprint density at radius 2 is 1.69 bits per heavy atom. The van der Waals surface area contributed by atoms with Crippen LogP contribution in [0.25, 0.3) is 0 Å². The van der Waals surface area contributed by atoms with Gasteiger partial charge in [0, 0.05) is 19.0 Å². The van der Waals surface area contributed by atoms with E-state index in [1.54, 1.807) is 6.92 Å². The quantitative estimate of drug-likeness (QED) is 0.643. The number of amides is 1. The molecule has 0 atom stereocenters. The first kappa shape index (κ1) is 10.6. The second-order valence-corrected chi connectivity index (χ2v) is 4.72. The van der Waals surface area contributed by atoms with Crippen LogP contribution in [0.1, 0.15) is 41.0 Å². The highest BCUT2D eigenvalue weighted by molar-refractivity contribution is 5.75. The van der Waals surface area contributed by atoms with Crippen molar-refractivity contribution >= 4 is 5.91 Å². The summed E-state index contributed by atoms with van der Waals surface area (Å²) in [6, 6.07) is 0. The summed E-state index contributed by atoms with van der Waals surface area (Å²) in [5, 5.41) is 0. The third-order valence-electron chi connectivity index (χ3n) is 3.62. The van der Waals surface area contributed by atoms with E-state index in [4.69, 9.17) is 0 Å². The zero-order valence-corrected chi connectivity index (χ0v) is 9.42. The lowest BCUT2D eigenvalue weighted by Gasteiger charge is -2.58. The van der Waals surface area contributed by atoms with Gasteiger partial charge in [-0.25, -0.2) is 0 Å². The molecule has 0 spiro atoms. The van der Waals surface area contributed by atoms with Crippen LogP contribution in [0.5, 0.6) is 0 Å². The molecule has 0 aliphatic carbocycles. The molecule has 1 aliphatic rings. The molecule has 1 heterocycles. The van der Waals surface area contributed by atoms with E-state index in [2.05, 4.69) is 27.7 Å². The van der Waals surface area contributed by atoms with Crippen LogP contribution < -0.4 is 0 Å². The molecule has 76 valence electrons. The minimum atomic E-state index is 0.145. The first-order chi connectivity index (χ1) is 5.93. The minimum absolute atomic E-state index is 0.145. The zero-order chi connectivity index (χ0) is 10.2. The fourth-order valence-corrected chi connectivity index (χ4v) is 2.80. The first-order valence-electron chi connectivity index (χ1n) is 5.21. The second-order valence-electron chi connectivity index (χ2n) is 4.72. The van der Waals surface area contributed by atoms with Crippen molar-refractivity contribution in [2.75, 3.05) is 6.54 Å². The molecule has 0 N–H and O–H groups in total. The Balaban J connectivity index is 2.87. The molecule has 0 aromatic rings. The number of carbonyl (C=O) groups is 1. The van der Waals surface area contributed by atoms with Crippen molar-refractivity contribution in [3.63, 3.8) is 0 Å². The van der Waals surface area contributed by atoms with E-state index in [9.17, 15) is 4.79 Å². The van der Waals surface area contributed by atoms with E-state index in [1.165, 1.54) is 6.42 Å². The van der Waals surface area contributed by atoms with E-state index in [0.717, 1.165) is 6.54 Å². The van der Waals surface area contributed by atoms with Crippen LogP contribution in [0, 0.1) is 11.8 Å². The highest BCUT2D eigenvalue weighted by Gasteiger charge is 2.50. The fraction of sp³-hybridized carbons (Fsp3) is 0.909. The molecular weight excluding hydrogens is 162 g/mol. The van der Waals surface area contributed by atoms with E-state index in [0.29, 0.717) is 11.8 Å². The van der Waals surface area contributed by atoms with Gasteiger partial charge in [-0.15, -0.1) is 0 Å². The maximum Gasteiger partial charge on any atom is 0.219 e. The van der Waals surface area contributed by atoms with Gasteiger partial charge in [-0.1, -0.05) is 27.7 Å². The lowest BCUT2D eigenvalue weighted by Crippen LogP contribution is -2.67. The summed E-state index contributed by atoms with van der Waals surface area (Å²) in [5.41, 5.74) is 0.145. The number of nitrogens with zero attached hydrogens (tertiary/aromatic N) is 1. The molecule has 1 amide bonds. The third-order valence-corrected chi connectivity index (χ3v) is 3.62. The van der Waals surface area contributed by atoms with Gasteiger partial charge in [0.05, 0.1) is 0 Å². The van der Waals surface area contributed by atoms with Gasteiger partial charge in [-0.3, -0.25) is 4.79 Å². The molecule has 0 bridgehead atoms. The van der Waals surface area contributed by atoms with Crippen LogP contribution in [-0.4, -0.2) is 22.9 Å². The van der Waals surface area contributed by atoms with Gasteiger partial charge in [0.25, 0.3) is 0 Å². The summed E-state index contributed by atoms with van der Waals surface area (Å²) in [5.74, 6) is 1.35. The van der Waals surface area contributed by atoms with Gasteiger partial charge in [0.1, 0.15) is 0 Å². The van der Waals surface area contributed by atoms with E-state index in [-0.39, 0.29) is 11.4 Å². The monoisotopic (exact) mass is 183 g/mol. The molecular formula is C11H21NO. The molecule has 2 nitrogen and oxygen atoms in total. The Morgan fingerprint density at radius 3 is 1.77 bits per heavy atom. The topological polar surface area (TPSA) is 20.3 Å². The number of hydrogen-bond donors (Lipinski definition) is 0. The van der Waals surface area contributed by atoms with Crippen molar-refractivity contribution in [2.24, 2.45) is 11.8 Å². The Morgan fingerprint density at radius 1 is 1.23 bits per heavy atom. The summed E-state index contributed by atoms with van der Waals surface area (Å²) >= 11 is 0. The average molecular weight is 183 g/mol. The molecule has 1 saturated heterocycles. The molecule has 0 radical (unpaired) electrons. The molecule has 1 rings (SSSR count). The predicted molar refractivity (Wildman–Crippen MR) is 54.4 cm³/mol. The summed E-state index contributed by atoms with van der Waals surface area (Å²) in [6.07, 6.45) is 1.17. The van der Waals surface area contributed by atoms with Crippen LogP contribution in [0.3, 0.4) is 0 Å². The van der Waals surface area contributed by atoms with E-state index in [1.807, 2.05) is 4.90 Å². The van der Waals surface area contributed by atoms with E-state index < -0.39 is 0 Å². The first-order valence-corrected chi connectivity index (χ1v) is 5.21. The van der Waals surface area contributed by atoms with Crippen LogP contribution in [0.4, 0.5) is 0 Å². The molecule has 13 heavy (non-hydrogen) atoms. The highest BCUT2D eigenvalue weighted by atomic mass is 16.2.